The number of nitrogens with zero attached hydrogens (tertiary/aromatic N) is 3. The highest BCUT2D eigenvalue weighted by Crippen LogP contribution is 2.44. The van der Waals surface area contributed by atoms with Crippen molar-refractivity contribution in [3.8, 4) is 0 Å². The van der Waals surface area contributed by atoms with Gasteiger partial charge >= 0.3 is 0 Å². The summed E-state index contributed by atoms with van der Waals surface area (Å²) in [5.74, 6) is -0.770. The zero-order valence-electron chi connectivity index (χ0n) is 17.1. The van der Waals surface area contributed by atoms with Crippen molar-refractivity contribution in [1.29, 1.82) is 0 Å². The summed E-state index contributed by atoms with van der Waals surface area (Å²) in [6.45, 7) is 6.72. The second-order valence-corrected chi connectivity index (χ2v) is 8.54. The van der Waals surface area contributed by atoms with Crippen LogP contribution in [0.4, 0.5) is 5.69 Å². The molecule has 1 unspecified atom stereocenters. The molecule has 2 aliphatic heterocycles. The maximum absolute atomic E-state index is 12.4. The Morgan fingerprint density at radius 3 is 2.54 bits per heavy atom. The van der Waals surface area contributed by atoms with Crippen LogP contribution in [0.25, 0.3) is 10.9 Å². The highest BCUT2D eigenvalue weighted by Gasteiger charge is 2.42. The van der Waals surface area contributed by atoms with Crippen LogP contribution >= 0.6 is 0 Å². The average molecular weight is 383 g/mol. The number of aromatic nitrogens is 2. The molecule has 2 aromatic rings. The summed E-state index contributed by atoms with van der Waals surface area (Å²) in [7, 11) is 1.95. The third kappa shape index (κ3) is 3.09. The Hall–Kier alpha value is -2.37. The molecule has 0 saturated carbocycles. The van der Waals surface area contributed by atoms with E-state index < -0.39 is 0 Å². The van der Waals surface area contributed by atoms with E-state index in [0.717, 1.165) is 29.7 Å². The topological polar surface area (TPSA) is 67.2 Å². The number of carbonyl (C=O) groups excluding carboxylic acids is 2. The first-order chi connectivity index (χ1) is 13.5. The number of carbonyl (C=O) groups is 2. The molecule has 1 N–H and O–H groups in total. The van der Waals surface area contributed by atoms with Crippen LogP contribution < -0.4 is 10.2 Å². The van der Waals surface area contributed by atoms with E-state index in [0.29, 0.717) is 18.3 Å². The largest absolute Gasteiger partial charge is 0.369 e. The van der Waals surface area contributed by atoms with Gasteiger partial charge in [-0.05, 0) is 25.3 Å². The van der Waals surface area contributed by atoms with Crippen molar-refractivity contribution in [2.45, 2.75) is 58.3 Å². The molecule has 0 bridgehead atoms. The number of piperidine rings is 1. The van der Waals surface area contributed by atoms with Crippen LogP contribution in [-0.2, 0) is 16.6 Å². The van der Waals surface area contributed by atoms with E-state index >= 15 is 0 Å². The number of fused-ring (bicyclic) bond motifs is 1. The minimum atomic E-state index is -0.354. The predicted octanol–water partition coefficient (Wildman–Crippen LogP) is 3.50. The summed E-state index contributed by atoms with van der Waals surface area (Å²) >= 11 is 0. The zero-order chi connectivity index (χ0) is 19.9. The van der Waals surface area contributed by atoms with Crippen LogP contribution in [-0.4, -0.2) is 34.7 Å². The van der Waals surface area contributed by atoms with Gasteiger partial charge in [0, 0.05) is 37.4 Å². The van der Waals surface area contributed by atoms with Crippen LogP contribution in [0.5, 0.6) is 0 Å². The van der Waals surface area contributed by atoms with Crippen molar-refractivity contribution in [1.82, 2.24) is 15.1 Å². The number of anilines is 1. The van der Waals surface area contributed by atoms with E-state index in [2.05, 4.69) is 42.3 Å². The second kappa shape index (κ2) is 7.22. The van der Waals surface area contributed by atoms with E-state index in [-0.39, 0.29) is 17.7 Å². The molecule has 3 heterocycles. The Kier molecular flexibility index (Phi) is 4.89. The molecule has 1 atom stereocenters. The number of rotatable bonds is 6. The molecule has 2 fully saturated rings. The van der Waals surface area contributed by atoms with Crippen LogP contribution in [0.15, 0.2) is 18.2 Å². The van der Waals surface area contributed by atoms with Gasteiger partial charge in [-0.2, -0.15) is 5.10 Å². The summed E-state index contributed by atoms with van der Waals surface area (Å²) in [5, 5.41) is 8.21. The van der Waals surface area contributed by atoms with E-state index in [4.69, 9.17) is 5.10 Å². The monoisotopic (exact) mass is 382 g/mol. The van der Waals surface area contributed by atoms with Crippen molar-refractivity contribution in [3.63, 3.8) is 0 Å². The van der Waals surface area contributed by atoms with Gasteiger partial charge in [0.05, 0.1) is 22.8 Å². The second-order valence-electron chi connectivity index (χ2n) is 8.54. The number of aryl methyl sites for hydroxylation is 1. The number of amides is 2. The van der Waals surface area contributed by atoms with Crippen molar-refractivity contribution in [2.75, 3.05) is 18.0 Å². The molecule has 150 valence electrons. The van der Waals surface area contributed by atoms with Crippen LogP contribution in [0.1, 0.15) is 64.0 Å². The van der Waals surface area contributed by atoms with Gasteiger partial charge < -0.3 is 4.90 Å². The molecule has 1 aromatic heterocycles. The van der Waals surface area contributed by atoms with Crippen molar-refractivity contribution in [3.05, 3.63) is 23.9 Å². The fraction of sp³-hybridized carbons (Fsp3) is 0.591. The molecule has 4 rings (SSSR count). The Balaban J connectivity index is 1.66. The van der Waals surface area contributed by atoms with Gasteiger partial charge in [0.2, 0.25) is 11.8 Å². The zero-order valence-corrected chi connectivity index (χ0v) is 17.1. The highest BCUT2D eigenvalue weighted by atomic mass is 16.2. The molecular formula is C22H30N4O2. The standard InChI is InChI=1S/C22H30N4O2/c1-4-11-22(12-5-2)13-26(14-22)17-8-6-7-15-19(24-25(3)20(15)17)16-9-10-18(27)23-21(16)28/h6-8,16H,4-5,9-14H2,1-3H3,(H,23,27,28). The first-order valence-corrected chi connectivity index (χ1v) is 10.5. The number of hydrogen-bond acceptors (Lipinski definition) is 4. The lowest BCUT2D eigenvalue weighted by atomic mass is 9.72. The number of hydrogen-bond donors (Lipinski definition) is 1. The smallest absolute Gasteiger partial charge is 0.235 e. The van der Waals surface area contributed by atoms with E-state index in [1.54, 1.807) is 0 Å². The lowest BCUT2D eigenvalue weighted by molar-refractivity contribution is -0.134. The quantitative estimate of drug-likeness (QED) is 0.777. The molecule has 28 heavy (non-hydrogen) atoms. The number of benzene rings is 1. The lowest BCUT2D eigenvalue weighted by Crippen LogP contribution is -2.56. The lowest BCUT2D eigenvalue weighted by Gasteiger charge is -2.52. The minimum absolute atomic E-state index is 0.189. The number of imide groups is 1. The maximum Gasteiger partial charge on any atom is 0.235 e. The molecule has 6 heteroatoms. The molecule has 1 aromatic carbocycles. The number of nitrogens with one attached hydrogen (secondary N) is 1. The summed E-state index contributed by atoms with van der Waals surface area (Å²) in [4.78, 5) is 26.4. The predicted molar refractivity (Wildman–Crippen MR) is 110 cm³/mol. The third-order valence-electron chi connectivity index (χ3n) is 6.40. The van der Waals surface area contributed by atoms with Gasteiger partial charge in [0.25, 0.3) is 0 Å². The van der Waals surface area contributed by atoms with Gasteiger partial charge in [-0.3, -0.25) is 19.6 Å². The highest BCUT2D eigenvalue weighted by molar-refractivity contribution is 6.03. The van der Waals surface area contributed by atoms with Crippen molar-refractivity contribution >= 4 is 28.4 Å². The minimum Gasteiger partial charge on any atom is -0.369 e. The molecule has 2 aliphatic rings. The Morgan fingerprint density at radius 1 is 1.18 bits per heavy atom. The average Bonchev–Trinajstić information content (AvgIpc) is 2.96. The SMILES string of the molecule is CCCC1(CCC)CN(c2cccc3c(C4CCC(=O)NC4=O)nn(C)c23)C1. The number of para-hydroxylation sites is 1. The van der Waals surface area contributed by atoms with Crippen LogP contribution in [0, 0.1) is 5.41 Å². The van der Waals surface area contributed by atoms with Gasteiger partial charge in [-0.15, -0.1) is 0 Å². The molecule has 2 saturated heterocycles. The van der Waals surface area contributed by atoms with Gasteiger partial charge in [0.15, 0.2) is 0 Å². The van der Waals surface area contributed by atoms with Crippen LogP contribution in [0.3, 0.4) is 0 Å². The third-order valence-corrected chi connectivity index (χ3v) is 6.40. The summed E-state index contributed by atoms with van der Waals surface area (Å²) in [6.07, 6.45) is 5.91. The van der Waals surface area contributed by atoms with E-state index in [1.807, 2.05) is 11.7 Å². The molecule has 2 amide bonds. The van der Waals surface area contributed by atoms with Gasteiger partial charge in [0.1, 0.15) is 0 Å². The van der Waals surface area contributed by atoms with E-state index in [1.165, 1.54) is 31.4 Å². The first-order valence-electron chi connectivity index (χ1n) is 10.5. The Bertz CT molecular complexity index is 903. The fourth-order valence-electron chi connectivity index (χ4n) is 5.25. The van der Waals surface area contributed by atoms with E-state index in [9.17, 15) is 9.59 Å². The molecule has 0 spiro atoms. The van der Waals surface area contributed by atoms with Gasteiger partial charge in [-0.25, -0.2) is 0 Å². The van der Waals surface area contributed by atoms with Crippen molar-refractivity contribution < 1.29 is 9.59 Å². The first kappa shape index (κ1) is 19.0. The maximum atomic E-state index is 12.4. The summed E-state index contributed by atoms with van der Waals surface area (Å²) < 4.78 is 1.91. The van der Waals surface area contributed by atoms with Crippen molar-refractivity contribution in [2.24, 2.45) is 12.5 Å². The Morgan fingerprint density at radius 2 is 1.89 bits per heavy atom. The fourth-order valence-corrected chi connectivity index (χ4v) is 5.25. The molecule has 0 aliphatic carbocycles. The normalized spacial score (nSPS) is 21.7. The van der Waals surface area contributed by atoms with Crippen LogP contribution in [0.2, 0.25) is 0 Å². The summed E-state index contributed by atoms with van der Waals surface area (Å²) in [6, 6.07) is 6.28. The molecule has 6 nitrogen and oxygen atoms in total. The molecular weight excluding hydrogens is 352 g/mol. The summed E-state index contributed by atoms with van der Waals surface area (Å²) in [5.41, 5.74) is 3.52. The molecule has 0 radical (unpaired) electrons. The van der Waals surface area contributed by atoms with Gasteiger partial charge in [-0.1, -0.05) is 38.8 Å². The Labute approximate surface area is 166 Å².